The number of ether oxygens (including phenoxy) is 1. The van der Waals surface area contributed by atoms with Gasteiger partial charge in [-0.1, -0.05) is 13.8 Å². The first kappa shape index (κ1) is 16.8. The van der Waals surface area contributed by atoms with Crippen LogP contribution in [0.2, 0.25) is 0 Å². The Bertz CT molecular complexity index is 327. The van der Waals surface area contributed by atoms with Gasteiger partial charge in [0.25, 0.3) is 0 Å². The average Bonchev–Trinajstić information content (AvgIpc) is 3.24. The first-order valence-corrected chi connectivity index (χ1v) is 7.33. The number of carbonyl (C=O) groups is 2. The minimum atomic E-state index is -0.947. The maximum atomic E-state index is 12.4. The SMILES string of the molecule is CCC(CC)N(CCOC)C(=O)NC(C(=O)O)C1CC1. The summed E-state index contributed by atoms with van der Waals surface area (Å²) in [7, 11) is 1.59. The van der Waals surface area contributed by atoms with E-state index in [1.165, 1.54) is 0 Å². The van der Waals surface area contributed by atoms with Crippen LogP contribution in [0.25, 0.3) is 0 Å². The molecule has 0 aromatic rings. The Morgan fingerprint density at radius 3 is 2.35 bits per heavy atom. The normalized spacial score (nSPS) is 16.0. The molecular weight excluding hydrogens is 260 g/mol. The first-order chi connectivity index (χ1) is 9.54. The van der Waals surface area contributed by atoms with Gasteiger partial charge in [-0.25, -0.2) is 9.59 Å². The van der Waals surface area contributed by atoms with E-state index >= 15 is 0 Å². The molecule has 0 aromatic heterocycles. The summed E-state index contributed by atoms with van der Waals surface area (Å²) in [4.78, 5) is 25.3. The molecular formula is C14H26N2O4. The largest absolute Gasteiger partial charge is 0.480 e. The molecule has 0 heterocycles. The summed E-state index contributed by atoms with van der Waals surface area (Å²) in [6.45, 7) is 4.98. The van der Waals surface area contributed by atoms with Crippen LogP contribution in [-0.4, -0.2) is 54.4 Å². The molecule has 2 amide bonds. The number of amides is 2. The van der Waals surface area contributed by atoms with Crippen molar-refractivity contribution in [2.75, 3.05) is 20.3 Å². The van der Waals surface area contributed by atoms with Gasteiger partial charge >= 0.3 is 12.0 Å². The van der Waals surface area contributed by atoms with Crippen molar-refractivity contribution in [3.63, 3.8) is 0 Å². The number of rotatable bonds is 9. The highest BCUT2D eigenvalue weighted by molar-refractivity contribution is 5.83. The molecule has 0 aliphatic heterocycles. The number of hydrogen-bond acceptors (Lipinski definition) is 3. The van der Waals surface area contributed by atoms with E-state index in [0.29, 0.717) is 13.2 Å². The summed E-state index contributed by atoms with van der Waals surface area (Å²) in [5, 5.41) is 11.9. The van der Waals surface area contributed by atoms with Gasteiger partial charge in [-0.3, -0.25) is 0 Å². The summed E-state index contributed by atoms with van der Waals surface area (Å²) in [6.07, 6.45) is 3.43. The third kappa shape index (κ3) is 4.67. The predicted octanol–water partition coefficient (Wildman–Crippen LogP) is 1.70. The maximum Gasteiger partial charge on any atom is 0.326 e. The molecule has 1 fully saturated rings. The van der Waals surface area contributed by atoms with Gasteiger partial charge in [0.05, 0.1) is 6.61 Å². The van der Waals surface area contributed by atoms with Crippen molar-refractivity contribution < 1.29 is 19.4 Å². The number of carboxylic acids is 1. The van der Waals surface area contributed by atoms with E-state index in [9.17, 15) is 14.7 Å². The van der Waals surface area contributed by atoms with E-state index < -0.39 is 12.0 Å². The molecule has 1 aliphatic carbocycles. The predicted molar refractivity (Wildman–Crippen MR) is 75.6 cm³/mol. The van der Waals surface area contributed by atoms with Crippen molar-refractivity contribution in [2.45, 2.75) is 51.6 Å². The fourth-order valence-electron chi connectivity index (χ4n) is 2.40. The van der Waals surface area contributed by atoms with Gasteiger partial charge < -0.3 is 20.1 Å². The van der Waals surface area contributed by atoms with E-state index in [2.05, 4.69) is 5.32 Å². The van der Waals surface area contributed by atoms with Crippen LogP contribution in [0.4, 0.5) is 4.79 Å². The third-order valence-corrected chi connectivity index (χ3v) is 3.82. The molecule has 1 atom stereocenters. The summed E-state index contributed by atoms with van der Waals surface area (Å²) < 4.78 is 5.04. The van der Waals surface area contributed by atoms with Crippen LogP contribution < -0.4 is 5.32 Å². The van der Waals surface area contributed by atoms with E-state index in [-0.39, 0.29) is 18.0 Å². The number of aliphatic carboxylic acids is 1. The highest BCUT2D eigenvalue weighted by Gasteiger charge is 2.38. The molecule has 0 spiro atoms. The zero-order valence-electron chi connectivity index (χ0n) is 12.6. The molecule has 1 saturated carbocycles. The van der Waals surface area contributed by atoms with Crippen LogP contribution in [0.3, 0.4) is 0 Å². The Kier molecular flexibility index (Phi) is 6.78. The highest BCUT2D eigenvalue weighted by Crippen LogP contribution is 2.32. The summed E-state index contributed by atoms with van der Waals surface area (Å²) in [5.41, 5.74) is 0. The molecule has 1 unspecified atom stereocenters. The molecule has 0 radical (unpaired) electrons. The van der Waals surface area contributed by atoms with Gasteiger partial charge in [-0.2, -0.15) is 0 Å². The van der Waals surface area contributed by atoms with Crippen molar-refractivity contribution in [2.24, 2.45) is 5.92 Å². The van der Waals surface area contributed by atoms with Gasteiger partial charge in [0.15, 0.2) is 0 Å². The van der Waals surface area contributed by atoms with E-state index in [1.54, 1.807) is 12.0 Å². The lowest BCUT2D eigenvalue weighted by molar-refractivity contribution is -0.139. The Hall–Kier alpha value is -1.30. The minimum Gasteiger partial charge on any atom is -0.480 e. The summed E-state index contributed by atoms with van der Waals surface area (Å²) in [5.74, 6) is -0.862. The first-order valence-electron chi connectivity index (χ1n) is 7.33. The molecule has 116 valence electrons. The number of nitrogens with one attached hydrogen (secondary N) is 1. The van der Waals surface area contributed by atoms with Crippen molar-refractivity contribution >= 4 is 12.0 Å². The second-order valence-electron chi connectivity index (χ2n) is 5.26. The van der Waals surface area contributed by atoms with Crippen molar-refractivity contribution in [3.8, 4) is 0 Å². The third-order valence-electron chi connectivity index (χ3n) is 3.82. The Morgan fingerprint density at radius 2 is 1.95 bits per heavy atom. The molecule has 2 N–H and O–H groups in total. The molecule has 0 aromatic carbocycles. The van der Waals surface area contributed by atoms with Crippen LogP contribution in [0, 0.1) is 5.92 Å². The van der Waals surface area contributed by atoms with Crippen LogP contribution in [0.5, 0.6) is 0 Å². The maximum absolute atomic E-state index is 12.4. The number of urea groups is 1. The van der Waals surface area contributed by atoms with E-state index in [1.807, 2.05) is 13.8 Å². The smallest absolute Gasteiger partial charge is 0.326 e. The molecule has 0 saturated heterocycles. The zero-order chi connectivity index (χ0) is 15.1. The van der Waals surface area contributed by atoms with Crippen molar-refractivity contribution in [1.82, 2.24) is 10.2 Å². The number of carbonyl (C=O) groups excluding carboxylic acids is 1. The van der Waals surface area contributed by atoms with Gasteiger partial charge in [-0.05, 0) is 31.6 Å². The molecule has 1 aliphatic rings. The molecule has 6 nitrogen and oxygen atoms in total. The standard InChI is InChI=1S/C14H26N2O4/c1-4-11(5-2)16(8-9-20-3)14(19)15-12(13(17)18)10-6-7-10/h10-12H,4-9H2,1-3H3,(H,15,19)(H,17,18). The lowest BCUT2D eigenvalue weighted by atomic mass is 10.1. The lowest BCUT2D eigenvalue weighted by Gasteiger charge is -2.31. The zero-order valence-corrected chi connectivity index (χ0v) is 12.6. The quantitative estimate of drug-likeness (QED) is 0.676. The molecule has 0 bridgehead atoms. The molecule has 20 heavy (non-hydrogen) atoms. The van der Waals surface area contributed by atoms with Crippen LogP contribution in [-0.2, 0) is 9.53 Å². The second kappa shape index (κ2) is 8.09. The van der Waals surface area contributed by atoms with Gasteiger partial charge in [0.1, 0.15) is 6.04 Å². The van der Waals surface area contributed by atoms with Gasteiger partial charge in [-0.15, -0.1) is 0 Å². The highest BCUT2D eigenvalue weighted by atomic mass is 16.5. The number of nitrogens with zero attached hydrogens (tertiary/aromatic N) is 1. The number of methoxy groups -OCH3 is 1. The average molecular weight is 286 g/mol. The van der Waals surface area contributed by atoms with Crippen LogP contribution in [0.15, 0.2) is 0 Å². The van der Waals surface area contributed by atoms with Crippen LogP contribution >= 0.6 is 0 Å². The minimum absolute atomic E-state index is 0.0856. The van der Waals surface area contributed by atoms with Gasteiger partial charge in [0.2, 0.25) is 0 Å². The fraction of sp³-hybridized carbons (Fsp3) is 0.857. The van der Waals surface area contributed by atoms with Crippen molar-refractivity contribution in [3.05, 3.63) is 0 Å². The number of hydrogen-bond donors (Lipinski definition) is 2. The molecule has 6 heteroatoms. The topological polar surface area (TPSA) is 78.9 Å². The monoisotopic (exact) mass is 286 g/mol. The Morgan fingerprint density at radius 1 is 1.35 bits per heavy atom. The summed E-state index contributed by atoms with van der Waals surface area (Å²) in [6, 6.07) is -0.948. The number of carboxylic acid groups (broad SMARTS) is 1. The van der Waals surface area contributed by atoms with E-state index in [4.69, 9.17) is 4.74 Å². The summed E-state index contributed by atoms with van der Waals surface area (Å²) >= 11 is 0. The van der Waals surface area contributed by atoms with Gasteiger partial charge in [0, 0.05) is 19.7 Å². The second-order valence-corrected chi connectivity index (χ2v) is 5.26. The van der Waals surface area contributed by atoms with E-state index in [0.717, 1.165) is 25.7 Å². The lowest BCUT2D eigenvalue weighted by Crippen LogP contribution is -2.52. The molecule has 1 rings (SSSR count). The fourth-order valence-corrected chi connectivity index (χ4v) is 2.40. The van der Waals surface area contributed by atoms with Crippen molar-refractivity contribution in [1.29, 1.82) is 0 Å². The Labute approximate surface area is 120 Å². The Balaban J connectivity index is 2.67. The van der Waals surface area contributed by atoms with Crippen LogP contribution in [0.1, 0.15) is 39.5 Å².